The van der Waals surface area contributed by atoms with Crippen LogP contribution in [0.1, 0.15) is 30.5 Å². The highest BCUT2D eigenvalue weighted by Gasteiger charge is 2.32. The molecule has 0 amide bonds. The van der Waals surface area contributed by atoms with Crippen molar-refractivity contribution in [3.05, 3.63) is 74.7 Å². The number of hydrogen-bond acceptors (Lipinski definition) is 7. The van der Waals surface area contributed by atoms with E-state index in [0.717, 1.165) is 28.3 Å². The number of halogens is 2. The molecule has 0 radical (unpaired) electrons. The molecule has 1 atom stereocenters. The molecule has 1 heterocycles. The number of benzene rings is 3. The van der Waals surface area contributed by atoms with Gasteiger partial charge in [0, 0.05) is 10.9 Å². The van der Waals surface area contributed by atoms with Crippen LogP contribution in [0.15, 0.2) is 68.6 Å². The minimum absolute atomic E-state index is 0.222. The summed E-state index contributed by atoms with van der Waals surface area (Å²) in [6, 6.07) is 16.4. The van der Waals surface area contributed by atoms with Crippen LogP contribution in [0.3, 0.4) is 0 Å². The molecule has 3 aromatic rings. The Balaban J connectivity index is 1.51. The van der Waals surface area contributed by atoms with Crippen LogP contribution >= 0.6 is 31.9 Å². The Morgan fingerprint density at radius 2 is 1.58 bits per heavy atom. The number of rotatable bonds is 7. The predicted molar refractivity (Wildman–Crippen MR) is 132 cm³/mol. The molecule has 1 aliphatic rings. The SMILES string of the molecule is CCOc1ccc(Oc2ccc(C3=NN(OC)C(c4cc(O)c(O)c(Br)c4Br)C3)cc2)cc1. The number of hydrogen-bond donors (Lipinski definition) is 2. The normalized spacial score (nSPS) is 15.5. The predicted octanol–water partition coefficient (Wildman–Crippen LogP) is 6.53. The second-order valence-corrected chi connectivity index (χ2v) is 8.83. The van der Waals surface area contributed by atoms with Gasteiger partial charge in [-0.1, -0.05) is 0 Å². The van der Waals surface area contributed by atoms with Gasteiger partial charge in [-0.15, -0.1) is 0 Å². The summed E-state index contributed by atoms with van der Waals surface area (Å²) < 4.78 is 12.4. The number of phenolic OH excluding ortho intramolecular Hbond substituents is 2. The maximum atomic E-state index is 10.1. The Morgan fingerprint density at radius 3 is 2.18 bits per heavy atom. The van der Waals surface area contributed by atoms with E-state index in [-0.39, 0.29) is 17.5 Å². The van der Waals surface area contributed by atoms with Crippen molar-refractivity contribution in [3.63, 3.8) is 0 Å². The average Bonchev–Trinajstić information content (AvgIpc) is 3.26. The molecule has 172 valence electrons. The smallest absolute Gasteiger partial charge is 0.173 e. The summed E-state index contributed by atoms with van der Waals surface area (Å²) >= 11 is 6.79. The first-order valence-electron chi connectivity index (χ1n) is 10.2. The van der Waals surface area contributed by atoms with E-state index >= 15 is 0 Å². The third-order valence-electron chi connectivity index (χ3n) is 5.17. The first-order chi connectivity index (χ1) is 15.9. The molecule has 0 bridgehead atoms. The number of aromatic hydroxyl groups is 2. The van der Waals surface area contributed by atoms with Gasteiger partial charge in [-0.25, -0.2) is 0 Å². The topological polar surface area (TPSA) is 83.8 Å². The molecule has 7 nitrogen and oxygen atoms in total. The Bertz CT molecular complexity index is 1170. The van der Waals surface area contributed by atoms with Crippen molar-refractivity contribution in [1.82, 2.24) is 5.17 Å². The minimum Gasteiger partial charge on any atom is -0.504 e. The fourth-order valence-electron chi connectivity index (χ4n) is 3.55. The van der Waals surface area contributed by atoms with Crippen LogP contribution in [0.25, 0.3) is 0 Å². The molecule has 4 rings (SSSR count). The van der Waals surface area contributed by atoms with E-state index < -0.39 is 0 Å². The largest absolute Gasteiger partial charge is 0.504 e. The quantitative estimate of drug-likeness (QED) is 0.311. The molecule has 1 unspecified atom stereocenters. The Kier molecular flexibility index (Phi) is 7.11. The van der Waals surface area contributed by atoms with Gasteiger partial charge in [0.15, 0.2) is 11.5 Å². The molecular formula is C24H22Br2N2O5. The van der Waals surface area contributed by atoms with Gasteiger partial charge < -0.3 is 19.7 Å². The van der Waals surface area contributed by atoms with Crippen LogP contribution in [0, 0.1) is 0 Å². The molecule has 0 aliphatic carbocycles. The van der Waals surface area contributed by atoms with Gasteiger partial charge in [0.1, 0.15) is 23.3 Å². The lowest BCUT2D eigenvalue weighted by Gasteiger charge is -2.22. The van der Waals surface area contributed by atoms with Crippen LogP contribution in [0.2, 0.25) is 0 Å². The summed E-state index contributed by atoms with van der Waals surface area (Å²) in [4.78, 5) is 5.46. The van der Waals surface area contributed by atoms with Crippen molar-refractivity contribution in [2.45, 2.75) is 19.4 Å². The Morgan fingerprint density at radius 1 is 0.970 bits per heavy atom. The number of ether oxygens (including phenoxy) is 2. The van der Waals surface area contributed by atoms with Crippen LogP contribution < -0.4 is 9.47 Å². The van der Waals surface area contributed by atoms with Crippen molar-refractivity contribution in [1.29, 1.82) is 0 Å². The third kappa shape index (κ3) is 4.95. The second kappa shape index (κ2) is 10.0. The van der Waals surface area contributed by atoms with E-state index in [1.807, 2.05) is 55.5 Å². The van der Waals surface area contributed by atoms with Gasteiger partial charge in [0.05, 0.1) is 23.9 Å². The first kappa shape index (κ1) is 23.4. The lowest BCUT2D eigenvalue weighted by Crippen LogP contribution is -2.18. The summed E-state index contributed by atoms with van der Waals surface area (Å²) in [5.41, 5.74) is 2.48. The van der Waals surface area contributed by atoms with Gasteiger partial charge in [-0.05, 0) is 105 Å². The second-order valence-electron chi connectivity index (χ2n) is 7.24. The van der Waals surface area contributed by atoms with Crippen molar-refractivity contribution >= 4 is 37.6 Å². The lowest BCUT2D eigenvalue weighted by molar-refractivity contribution is -0.154. The van der Waals surface area contributed by atoms with Crippen LogP contribution in [0.4, 0.5) is 0 Å². The number of nitrogens with zero attached hydrogens (tertiary/aromatic N) is 2. The van der Waals surface area contributed by atoms with Crippen molar-refractivity contribution in [2.24, 2.45) is 5.10 Å². The zero-order chi connectivity index (χ0) is 23.5. The zero-order valence-electron chi connectivity index (χ0n) is 18.0. The number of hydroxylamine groups is 1. The highest BCUT2D eigenvalue weighted by atomic mass is 79.9. The maximum Gasteiger partial charge on any atom is 0.173 e. The summed E-state index contributed by atoms with van der Waals surface area (Å²) in [6.45, 7) is 2.57. The minimum atomic E-state index is -0.290. The van der Waals surface area contributed by atoms with E-state index in [1.54, 1.807) is 0 Å². The van der Waals surface area contributed by atoms with Gasteiger partial charge in [-0.2, -0.15) is 10.3 Å². The monoisotopic (exact) mass is 576 g/mol. The van der Waals surface area contributed by atoms with Gasteiger partial charge in [-0.3, -0.25) is 4.84 Å². The van der Waals surface area contributed by atoms with Crippen LogP contribution in [-0.4, -0.2) is 34.8 Å². The molecule has 0 fully saturated rings. The van der Waals surface area contributed by atoms with Crippen molar-refractivity contribution in [2.75, 3.05) is 13.7 Å². The van der Waals surface area contributed by atoms with Gasteiger partial charge >= 0.3 is 0 Å². The molecule has 33 heavy (non-hydrogen) atoms. The summed E-state index contributed by atoms with van der Waals surface area (Å²) in [7, 11) is 1.54. The molecule has 0 saturated heterocycles. The van der Waals surface area contributed by atoms with E-state index in [9.17, 15) is 10.2 Å². The number of phenols is 2. The molecule has 9 heteroatoms. The molecule has 0 saturated carbocycles. The summed E-state index contributed by atoms with van der Waals surface area (Å²) in [5, 5.41) is 26.1. The molecular weight excluding hydrogens is 556 g/mol. The van der Waals surface area contributed by atoms with Crippen LogP contribution in [0.5, 0.6) is 28.7 Å². The third-order valence-corrected chi connectivity index (χ3v) is 7.32. The Hall–Kier alpha value is -2.75. The summed E-state index contributed by atoms with van der Waals surface area (Å²) in [6.07, 6.45) is 0.544. The van der Waals surface area contributed by atoms with E-state index in [4.69, 9.17) is 14.3 Å². The standard InChI is InChI=1S/C24H22Br2N2O5/c1-3-32-15-8-10-17(11-9-15)33-16-6-4-14(5-7-16)19-13-20(28(27-19)31-2)18-12-21(29)24(30)23(26)22(18)25/h4-12,20,29-30H,3,13H2,1-2H3. The molecule has 0 spiro atoms. The fraction of sp³-hybridized carbons (Fsp3) is 0.208. The zero-order valence-corrected chi connectivity index (χ0v) is 21.1. The first-order valence-corrected chi connectivity index (χ1v) is 11.8. The van der Waals surface area contributed by atoms with Crippen molar-refractivity contribution in [3.8, 4) is 28.7 Å². The Labute approximate surface area is 208 Å². The van der Waals surface area contributed by atoms with Gasteiger partial charge in [0.2, 0.25) is 0 Å². The molecule has 0 aromatic heterocycles. The highest BCUT2D eigenvalue weighted by Crippen LogP contribution is 2.46. The highest BCUT2D eigenvalue weighted by molar-refractivity contribution is 9.13. The lowest BCUT2D eigenvalue weighted by atomic mass is 9.98. The van der Waals surface area contributed by atoms with Crippen LogP contribution in [-0.2, 0) is 4.84 Å². The van der Waals surface area contributed by atoms with E-state index in [0.29, 0.717) is 27.7 Å². The molecule has 1 aliphatic heterocycles. The maximum absolute atomic E-state index is 10.1. The fourth-order valence-corrected chi connectivity index (χ4v) is 4.55. The molecule has 3 aromatic carbocycles. The summed E-state index contributed by atoms with van der Waals surface area (Å²) in [5.74, 6) is 1.78. The average molecular weight is 578 g/mol. The number of hydrazone groups is 1. The molecule has 2 N–H and O–H groups in total. The van der Waals surface area contributed by atoms with Gasteiger partial charge in [0.25, 0.3) is 0 Å². The van der Waals surface area contributed by atoms with E-state index in [2.05, 4.69) is 37.0 Å². The van der Waals surface area contributed by atoms with E-state index in [1.165, 1.54) is 18.3 Å². The van der Waals surface area contributed by atoms with Crippen molar-refractivity contribution < 1.29 is 24.5 Å².